The van der Waals surface area contributed by atoms with Gasteiger partial charge in [-0.25, -0.2) is 0 Å². The van der Waals surface area contributed by atoms with Gasteiger partial charge in [-0.15, -0.1) is 0 Å². The summed E-state index contributed by atoms with van der Waals surface area (Å²) in [5, 5.41) is 4.82. The number of aryl methyl sites for hydroxylation is 1. The molecule has 0 atom stereocenters. The molecule has 1 aliphatic carbocycles. The first-order chi connectivity index (χ1) is 8.83. The number of fused-ring (bicyclic) bond motifs is 1. The highest BCUT2D eigenvalue weighted by molar-refractivity contribution is 5.91. The Hall–Kier alpha value is -1.57. The van der Waals surface area contributed by atoms with E-state index in [1.54, 1.807) is 0 Å². The Morgan fingerprint density at radius 3 is 2.89 bits per heavy atom. The molecule has 2 aromatic rings. The molecule has 2 heteroatoms. The van der Waals surface area contributed by atoms with Crippen LogP contribution in [0.1, 0.15) is 31.4 Å². The Labute approximate surface area is 108 Å². The number of benzene rings is 1. The summed E-state index contributed by atoms with van der Waals surface area (Å²) < 4.78 is 0. The van der Waals surface area contributed by atoms with Crippen LogP contribution in [0.25, 0.3) is 10.9 Å². The van der Waals surface area contributed by atoms with Crippen LogP contribution in [0, 0.1) is 12.8 Å². The largest absolute Gasteiger partial charge is 0.384 e. The molecule has 1 aromatic heterocycles. The Morgan fingerprint density at radius 1 is 1.28 bits per heavy atom. The number of pyridine rings is 1. The molecule has 1 fully saturated rings. The first-order valence-corrected chi connectivity index (χ1v) is 6.93. The fourth-order valence-electron chi connectivity index (χ4n) is 2.65. The van der Waals surface area contributed by atoms with Gasteiger partial charge in [-0.3, -0.25) is 4.98 Å². The topological polar surface area (TPSA) is 24.9 Å². The summed E-state index contributed by atoms with van der Waals surface area (Å²) in [6, 6.07) is 10.5. The van der Waals surface area contributed by atoms with E-state index >= 15 is 0 Å². The van der Waals surface area contributed by atoms with Crippen LogP contribution in [0.2, 0.25) is 0 Å². The third-order valence-corrected chi connectivity index (χ3v) is 3.94. The van der Waals surface area contributed by atoms with Gasteiger partial charge < -0.3 is 5.32 Å². The van der Waals surface area contributed by atoms with Gasteiger partial charge in [0.25, 0.3) is 0 Å². The van der Waals surface area contributed by atoms with E-state index in [0.29, 0.717) is 0 Å². The van der Waals surface area contributed by atoms with Crippen molar-refractivity contribution in [3.05, 3.63) is 36.0 Å². The summed E-state index contributed by atoms with van der Waals surface area (Å²) in [5.41, 5.74) is 3.40. The number of hydrogen-bond donors (Lipinski definition) is 1. The van der Waals surface area contributed by atoms with Crippen LogP contribution in [0.3, 0.4) is 0 Å². The summed E-state index contributed by atoms with van der Waals surface area (Å²) in [6.45, 7) is 3.14. The molecule has 0 spiro atoms. The Balaban J connectivity index is 1.77. The number of nitrogens with one attached hydrogen (secondary N) is 1. The van der Waals surface area contributed by atoms with E-state index in [0.717, 1.165) is 23.7 Å². The zero-order valence-electron chi connectivity index (χ0n) is 10.9. The molecule has 18 heavy (non-hydrogen) atoms. The van der Waals surface area contributed by atoms with Gasteiger partial charge in [0.1, 0.15) is 0 Å². The maximum absolute atomic E-state index is 4.57. The fourth-order valence-corrected chi connectivity index (χ4v) is 2.65. The van der Waals surface area contributed by atoms with E-state index in [4.69, 9.17) is 0 Å². The predicted octanol–water partition coefficient (Wildman–Crippen LogP) is 4.15. The van der Waals surface area contributed by atoms with Gasteiger partial charge in [-0.05, 0) is 31.4 Å². The maximum Gasteiger partial charge on any atom is 0.0725 e. The van der Waals surface area contributed by atoms with Crippen LogP contribution in [-0.2, 0) is 0 Å². The molecule has 0 saturated heterocycles. The van der Waals surface area contributed by atoms with Crippen molar-refractivity contribution in [3.63, 3.8) is 0 Å². The van der Waals surface area contributed by atoms with Crippen LogP contribution in [0.4, 0.5) is 5.69 Å². The lowest BCUT2D eigenvalue weighted by molar-refractivity contribution is 0.303. The molecule has 0 unspecified atom stereocenters. The van der Waals surface area contributed by atoms with Crippen LogP contribution in [-0.4, -0.2) is 11.5 Å². The van der Waals surface area contributed by atoms with Crippen molar-refractivity contribution in [2.45, 2.75) is 32.6 Å². The van der Waals surface area contributed by atoms with E-state index in [1.165, 1.54) is 36.8 Å². The summed E-state index contributed by atoms with van der Waals surface area (Å²) in [4.78, 5) is 4.57. The van der Waals surface area contributed by atoms with Gasteiger partial charge in [-0.2, -0.15) is 0 Å². The highest BCUT2D eigenvalue weighted by Crippen LogP contribution is 2.29. The molecule has 2 nitrogen and oxygen atoms in total. The van der Waals surface area contributed by atoms with Crippen molar-refractivity contribution in [3.8, 4) is 0 Å². The second-order valence-electron chi connectivity index (χ2n) is 5.34. The molecule has 1 saturated carbocycles. The second-order valence-corrected chi connectivity index (χ2v) is 5.34. The van der Waals surface area contributed by atoms with E-state index in [9.17, 15) is 0 Å². The number of para-hydroxylation sites is 1. The monoisotopic (exact) mass is 240 g/mol. The first-order valence-electron chi connectivity index (χ1n) is 6.93. The summed E-state index contributed by atoms with van der Waals surface area (Å²) in [6.07, 6.45) is 5.59. The van der Waals surface area contributed by atoms with Crippen molar-refractivity contribution >= 4 is 16.6 Å². The normalized spacial score (nSPS) is 15.6. The van der Waals surface area contributed by atoms with Gasteiger partial charge in [0.15, 0.2) is 0 Å². The minimum absolute atomic E-state index is 0.965. The van der Waals surface area contributed by atoms with Crippen LogP contribution in [0.5, 0.6) is 0 Å². The first kappa shape index (κ1) is 11.5. The highest BCUT2D eigenvalue weighted by atomic mass is 14.9. The standard InChI is InChI=1S/C16H20N2/c1-12-11-16(17-10-9-13-5-4-6-13)14-7-2-3-8-15(14)18-12/h2-3,7-8,11,13H,4-6,9-10H2,1H3,(H,17,18). The van der Waals surface area contributed by atoms with Crippen LogP contribution in [0.15, 0.2) is 30.3 Å². The fraction of sp³-hybridized carbons (Fsp3) is 0.438. The number of aromatic nitrogens is 1. The van der Waals surface area contributed by atoms with Gasteiger partial charge in [0, 0.05) is 23.3 Å². The second kappa shape index (κ2) is 4.97. The number of hydrogen-bond acceptors (Lipinski definition) is 2. The smallest absolute Gasteiger partial charge is 0.0725 e. The number of nitrogens with zero attached hydrogens (tertiary/aromatic N) is 1. The quantitative estimate of drug-likeness (QED) is 0.868. The zero-order chi connectivity index (χ0) is 12.4. The summed E-state index contributed by atoms with van der Waals surface area (Å²) in [5.74, 6) is 0.965. The SMILES string of the molecule is Cc1cc(NCCC2CCC2)c2ccccc2n1. The summed E-state index contributed by atoms with van der Waals surface area (Å²) >= 11 is 0. The molecule has 3 rings (SSSR count). The zero-order valence-corrected chi connectivity index (χ0v) is 10.9. The third kappa shape index (κ3) is 2.33. The molecule has 0 aliphatic heterocycles. The Kier molecular flexibility index (Phi) is 3.18. The van der Waals surface area contributed by atoms with Gasteiger partial charge in [0.2, 0.25) is 0 Å². The summed E-state index contributed by atoms with van der Waals surface area (Å²) in [7, 11) is 0. The van der Waals surface area contributed by atoms with Crippen molar-refractivity contribution in [2.75, 3.05) is 11.9 Å². The van der Waals surface area contributed by atoms with Gasteiger partial charge in [0.05, 0.1) is 5.52 Å². The minimum Gasteiger partial charge on any atom is -0.384 e. The van der Waals surface area contributed by atoms with Crippen molar-refractivity contribution in [2.24, 2.45) is 5.92 Å². The Morgan fingerprint density at radius 2 is 2.11 bits per heavy atom. The average molecular weight is 240 g/mol. The third-order valence-electron chi connectivity index (χ3n) is 3.94. The van der Waals surface area contributed by atoms with Crippen molar-refractivity contribution in [1.82, 2.24) is 4.98 Å². The molecular formula is C16H20N2. The number of rotatable bonds is 4. The molecule has 1 aromatic carbocycles. The lowest BCUT2D eigenvalue weighted by Crippen LogP contribution is -2.15. The molecule has 1 aliphatic rings. The van der Waals surface area contributed by atoms with E-state index in [-0.39, 0.29) is 0 Å². The Bertz CT molecular complexity index is 544. The molecule has 94 valence electrons. The van der Waals surface area contributed by atoms with E-state index < -0.39 is 0 Å². The maximum atomic E-state index is 4.57. The molecule has 1 N–H and O–H groups in total. The lowest BCUT2D eigenvalue weighted by atomic mass is 9.83. The van der Waals surface area contributed by atoms with Crippen LogP contribution >= 0.6 is 0 Å². The van der Waals surface area contributed by atoms with E-state index in [1.807, 2.05) is 6.07 Å². The minimum atomic E-state index is 0.965. The average Bonchev–Trinajstić information content (AvgIpc) is 2.32. The van der Waals surface area contributed by atoms with Gasteiger partial charge in [-0.1, -0.05) is 37.5 Å². The molecule has 0 amide bonds. The van der Waals surface area contributed by atoms with Crippen molar-refractivity contribution in [1.29, 1.82) is 0 Å². The van der Waals surface area contributed by atoms with Crippen molar-refractivity contribution < 1.29 is 0 Å². The molecule has 1 heterocycles. The lowest BCUT2D eigenvalue weighted by Gasteiger charge is -2.25. The molecule has 0 radical (unpaired) electrons. The van der Waals surface area contributed by atoms with Gasteiger partial charge >= 0.3 is 0 Å². The highest BCUT2D eigenvalue weighted by Gasteiger charge is 2.16. The number of anilines is 1. The molecule has 0 bridgehead atoms. The predicted molar refractivity (Wildman–Crippen MR) is 76.9 cm³/mol. The molecular weight excluding hydrogens is 220 g/mol. The van der Waals surface area contributed by atoms with E-state index in [2.05, 4.69) is 41.5 Å². The van der Waals surface area contributed by atoms with Crippen LogP contribution < -0.4 is 5.32 Å².